The van der Waals surface area contributed by atoms with Crippen LogP contribution in [0.15, 0.2) is 42.5 Å². The van der Waals surface area contributed by atoms with Gasteiger partial charge in [0, 0.05) is 20.9 Å². The van der Waals surface area contributed by atoms with Crippen molar-refractivity contribution in [3.63, 3.8) is 0 Å². The van der Waals surface area contributed by atoms with Crippen molar-refractivity contribution in [3.8, 4) is 11.1 Å². The molecule has 0 saturated heterocycles. The van der Waals surface area contributed by atoms with Crippen LogP contribution in [0.5, 0.6) is 0 Å². The van der Waals surface area contributed by atoms with Crippen molar-refractivity contribution in [2.75, 3.05) is 5.33 Å². The fraction of sp³-hybridized carbons (Fsp3) is 0.250. The number of alkyl halides is 1. The summed E-state index contributed by atoms with van der Waals surface area (Å²) in [6.45, 7) is 1.82. The van der Waals surface area contributed by atoms with Crippen molar-refractivity contribution < 1.29 is 5.11 Å². The van der Waals surface area contributed by atoms with Crippen LogP contribution in [0.1, 0.15) is 18.9 Å². The predicted molar refractivity (Wildman–Crippen MR) is 89.9 cm³/mol. The zero-order valence-corrected chi connectivity index (χ0v) is 14.1. The second-order valence-electron chi connectivity index (χ2n) is 4.91. The maximum atomic E-state index is 10.4. The van der Waals surface area contributed by atoms with Crippen molar-refractivity contribution in [1.82, 2.24) is 0 Å². The first kappa shape index (κ1) is 15.8. The molecule has 0 aliphatic rings. The molecule has 4 heteroatoms. The minimum Gasteiger partial charge on any atom is -0.385 e. The Hall–Kier alpha value is -0.540. The van der Waals surface area contributed by atoms with Gasteiger partial charge in [0.15, 0.2) is 0 Å². The highest BCUT2D eigenvalue weighted by Gasteiger charge is 2.21. The Morgan fingerprint density at radius 3 is 2.30 bits per heavy atom. The summed E-state index contributed by atoms with van der Waals surface area (Å²) >= 11 is 15.5. The third kappa shape index (κ3) is 3.56. The van der Waals surface area contributed by atoms with Crippen molar-refractivity contribution in [2.45, 2.75) is 18.9 Å². The Balaban J connectivity index is 2.33. The summed E-state index contributed by atoms with van der Waals surface area (Å²) in [7, 11) is 0. The van der Waals surface area contributed by atoms with Crippen LogP contribution in [0.25, 0.3) is 11.1 Å². The molecule has 0 radical (unpaired) electrons. The number of aliphatic hydroxyl groups is 1. The molecule has 0 aromatic heterocycles. The fourth-order valence-electron chi connectivity index (χ4n) is 2.06. The number of rotatable bonds is 4. The third-order valence-electron chi connectivity index (χ3n) is 3.33. The Morgan fingerprint density at radius 1 is 1.10 bits per heavy atom. The van der Waals surface area contributed by atoms with Gasteiger partial charge in [-0.15, -0.1) is 0 Å². The lowest BCUT2D eigenvalue weighted by atomic mass is 9.92. The normalized spacial score (nSPS) is 14.1. The molecule has 1 nitrogen and oxygen atoms in total. The van der Waals surface area contributed by atoms with Crippen LogP contribution in [0.3, 0.4) is 0 Å². The Labute approximate surface area is 137 Å². The first-order valence-electron chi connectivity index (χ1n) is 6.28. The molecule has 0 aliphatic carbocycles. The summed E-state index contributed by atoms with van der Waals surface area (Å²) in [5, 5.41) is 12.4. The predicted octanol–water partition coefficient (Wildman–Crippen LogP) is 5.65. The van der Waals surface area contributed by atoms with Crippen LogP contribution in [-0.2, 0) is 5.60 Å². The van der Waals surface area contributed by atoms with Gasteiger partial charge in [-0.3, -0.25) is 0 Å². The van der Waals surface area contributed by atoms with Gasteiger partial charge in [-0.25, -0.2) is 0 Å². The third-order valence-corrected chi connectivity index (χ3v) is 4.27. The van der Waals surface area contributed by atoms with E-state index in [-0.39, 0.29) is 0 Å². The molecule has 0 fully saturated rings. The molecule has 2 aromatic rings. The van der Waals surface area contributed by atoms with Crippen LogP contribution in [0, 0.1) is 0 Å². The molecule has 0 amide bonds. The summed E-state index contributed by atoms with van der Waals surface area (Å²) in [4.78, 5) is 0. The molecule has 1 atom stereocenters. The lowest BCUT2D eigenvalue weighted by Gasteiger charge is -2.23. The van der Waals surface area contributed by atoms with Crippen LogP contribution in [-0.4, -0.2) is 10.4 Å². The lowest BCUT2D eigenvalue weighted by molar-refractivity contribution is 0.0547. The quantitative estimate of drug-likeness (QED) is 0.686. The number of halogens is 3. The molecule has 0 saturated carbocycles. The van der Waals surface area contributed by atoms with Crippen molar-refractivity contribution >= 4 is 39.1 Å². The summed E-state index contributed by atoms with van der Waals surface area (Å²) in [6, 6.07) is 13.2. The maximum Gasteiger partial charge on any atom is 0.0876 e. The number of benzene rings is 2. The highest BCUT2D eigenvalue weighted by molar-refractivity contribution is 9.09. The fourth-order valence-corrected chi connectivity index (χ4v) is 3.35. The summed E-state index contributed by atoms with van der Waals surface area (Å²) in [5.74, 6) is 0. The molecule has 1 unspecified atom stereocenters. The summed E-state index contributed by atoms with van der Waals surface area (Å²) < 4.78 is 0. The Morgan fingerprint density at radius 2 is 1.75 bits per heavy atom. The van der Waals surface area contributed by atoms with Gasteiger partial charge in [0.1, 0.15) is 0 Å². The molecule has 1 N–H and O–H groups in total. The molecule has 0 heterocycles. The minimum absolute atomic E-state index is 0.621. The van der Waals surface area contributed by atoms with Crippen molar-refractivity contribution in [1.29, 1.82) is 0 Å². The van der Waals surface area contributed by atoms with Gasteiger partial charge >= 0.3 is 0 Å². The van der Waals surface area contributed by atoms with Gasteiger partial charge in [-0.1, -0.05) is 69.5 Å². The maximum absolute atomic E-state index is 10.4. The number of hydrogen-bond donors (Lipinski definition) is 1. The molecule has 106 valence electrons. The van der Waals surface area contributed by atoms with Crippen molar-refractivity contribution in [3.05, 3.63) is 58.1 Å². The number of hydrogen-bond acceptors (Lipinski definition) is 1. The summed E-state index contributed by atoms with van der Waals surface area (Å²) in [6.07, 6.45) is 0.661. The van der Waals surface area contributed by atoms with E-state index in [1.807, 2.05) is 43.3 Å². The standard InChI is InChI=1S/C16H15BrCl2O/c1-16(20,8-9-17)12-4-2-11(3-5-12)14-7-6-13(18)10-15(14)19/h2-7,10,20H,8-9H2,1H3. The monoisotopic (exact) mass is 372 g/mol. The average molecular weight is 374 g/mol. The van der Waals surface area contributed by atoms with E-state index in [1.165, 1.54) is 0 Å². The SMILES string of the molecule is CC(O)(CCBr)c1ccc(-c2ccc(Cl)cc2Cl)cc1. The van der Waals surface area contributed by atoms with Crippen molar-refractivity contribution in [2.24, 2.45) is 0 Å². The van der Waals surface area contributed by atoms with Crippen LogP contribution < -0.4 is 0 Å². The lowest BCUT2D eigenvalue weighted by Crippen LogP contribution is -2.21. The van der Waals surface area contributed by atoms with Gasteiger partial charge < -0.3 is 5.11 Å². The van der Waals surface area contributed by atoms with Gasteiger partial charge in [-0.05, 0) is 36.6 Å². The van der Waals surface area contributed by atoms with Crippen LogP contribution in [0.2, 0.25) is 10.0 Å². The second-order valence-corrected chi connectivity index (χ2v) is 6.55. The van der Waals surface area contributed by atoms with E-state index in [0.717, 1.165) is 22.0 Å². The van der Waals surface area contributed by atoms with E-state index < -0.39 is 5.60 Å². The molecule has 0 spiro atoms. The van der Waals surface area contributed by atoms with E-state index in [2.05, 4.69) is 15.9 Å². The van der Waals surface area contributed by atoms with Gasteiger partial charge in [-0.2, -0.15) is 0 Å². The average Bonchev–Trinajstić information content (AvgIpc) is 2.39. The highest BCUT2D eigenvalue weighted by Crippen LogP contribution is 2.32. The van der Waals surface area contributed by atoms with Crippen LogP contribution >= 0.6 is 39.1 Å². The molecular formula is C16H15BrCl2O. The molecule has 0 bridgehead atoms. The molecule has 20 heavy (non-hydrogen) atoms. The largest absolute Gasteiger partial charge is 0.385 e. The van der Waals surface area contributed by atoms with E-state index in [1.54, 1.807) is 6.07 Å². The smallest absolute Gasteiger partial charge is 0.0876 e. The Kier molecular flexibility index (Phi) is 5.14. The molecular weight excluding hydrogens is 359 g/mol. The molecule has 2 rings (SSSR count). The van der Waals surface area contributed by atoms with Crippen LogP contribution in [0.4, 0.5) is 0 Å². The second kappa shape index (κ2) is 6.48. The zero-order chi connectivity index (χ0) is 14.8. The summed E-state index contributed by atoms with van der Waals surface area (Å²) in [5.41, 5.74) is 2.00. The first-order chi connectivity index (χ1) is 9.44. The highest BCUT2D eigenvalue weighted by atomic mass is 79.9. The topological polar surface area (TPSA) is 20.2 Å². The van der Waals surface area contributed by atoms with E-state index >= 15 is 0 Å². The van der Waals surface area contributed by atoms with Gasteiger partial charge in [0.2, 0.25) is 0 Å². The molecule has 0 aliphatic heterocycles. The Bertz CT molecular complexity index is 594. The minimum atomic E-state index is -0.828. The van der Waals surface area contributed by atoms with Gasteiger partial charge in [0.25, 0.3) is 0 Å². The van der Waals surface area contributed by atoms with E-state index in [0.29, 0.717) is 16.5 Å². The zero-order valence-electron chi connectivity index (χ0n) is 11.0. The first-order valence-corrected chi connectivity index (χ1v) is 8.16. The van der Waals surface area contributed by atoms with E-state index in [9.17, 15) is 5.11 Å². The van der Waals surface area contributed by atoms with Gasteiger partial charge in [0.05, 0.1) is 5.60 Å². The molecule has 2 aromatic carbocycles. The van der Waals surface area contributed by atoms with E-state index in [4.69, 9.17) is 23.2 Å².